The van der Waals surface area contributed by atoms with Crippen LogP contribution in [0.2, 0.25) is 0 Å². The first-order valence-corrected chi connectivity index (χ1v) is 14.2. The van der Waals surface area contributed by atoms with Gasteiger partial charge in [-0.15, -0.1) is 0 Å². The first-order chi connectivity index (χ1) is 20.1. The summed E-state index contributed by atoms with van der Waals surface area (Å²) in [6, 6.07) is 47.9. The minimum atomic E-state index is -0.0932. The van der Waals surface area contributed by atoms with Gasteiger partial charge in [0.05, 0.1) is 28.4 Å². The molecule has 1 aliphatic carbocycles. The third-order valence-electron chi connectivity index (χ3n) is 8.61. The fourth-order valence-electron chi connectivity index (χ4n) is 6.71. The second-order valence-electron chi connectivity index (χ2n) is 11.3. The van der Waals surface area contributed by atoms with Gasteiger partial charge < -0.3 is 9.80 Å². The Kier molecular flexibility index (Phi) is 5.17. The van der Waals surface area contributed by atoms with Gasteiger partial charge in [-0.2, -0.15) is 0 Å². The summed E-state index contributed by atoms with van der Waals surface area (Å²) >= 11 is 0. The van der Waals surface area contributed by atoms with E-state index >= 15 is 0 Å². The first-order valence-electron chi connectivity index (χ1n) is 14.2. The first kappa shape index (κ1) is 23.7. The maximum atomic E-state index is 4.67. The van der Waals surface area contributed by atoms with Crippen molar-refractivity contribution in [2.24, 2.45) is 0 Å². The fraction of sp³-hybridized carbons (Fsp3) is 0.0789. The van der Waals surface area contributed by atoms with Crippen molar-refractivity contribution in [3.8, 4) is 22.4 Å². The molecule has 2 heterocycles. The van der Waals surface area contributed by atoms with Crippen molar-refractivity contribution < 1.29 is 0 Å². The predicted octanol–water partition coefficient (Wildman–Crippen LogP) is 10.3. The van der Waals surface area contributed by atoms with Crippen molar-refractivity contribution >= 4 is 34.1 Å². The third-order valence-corrected chi connectivity index (χ3v) is 8.61. The number of anilines is 6. The highest BCUT2D eigenvalue weighted by atomic mass is 15.3. The maximum absolute atomic E-state index is 4.67. The lowest BCUT2D eigenvalue weighted by Gasteiger charge is -2.42. The van der Waals surface area contributed by atoms with E-state index in [-0.39, 0.29) is 5.41 Å². The van der Waals surface area contributed by atoms with Crippen LogP contribution in [0.3, 0.4) is 0 Å². The molecule has 3 nitrogen and oxygen atoms in total. The van der Waals surface area contributed by atoms with Crippen molar-refractivity contribution in [1.29, 1.82) is 0 Å². The maximum Gasteiger partial charge on any atom is 0.0785 e. The molecule has 0 unspecified atom stereocenters. The number of aromatic nitrogens is 1. The highest BCUT2D eigenvalue weighted by Crippen LogP contribution is 2.62. The SMILES string of the molecule is CC1(C)c2ccccc2-c2c1ccc1c2N(c2ccccc2)c2ccc(-c3ccccn3)cc2N1c1ccccc1. The molecule has 8 rings (SSSR count). The smallest absolute Gasteiger partial charge is 0.0785 e. The van der Waals surface area contributed by atoms with Gasteiger partial charge in [0.25, 0.3) is 0 Å². The minimum Gasteiger partial charge on any atom is -0.306 e. The Morgan fingerprint density at radius 2 is 1.20 bits per heavy atom. The number of hydrogen-bond acceptors (Lipinski definition) is 3. The van der Waals surface area contributed by atoms with Crippen LogP contribution in [-0.2, 0) is 5.41 Å². The summed E-state index contributed by atoms with van der Waals surface area (Å²) in [7, 11) is 0. The van der Waals surface area contributed by atoms with Crippen molar-refractivity contribution in [3.63, 3.8) is 0 Å². The summed E-state index contributed by atoms with van der Waals surface area (Å²) in [5, 5.41) is 0. The van der Waals surface area contributed by atoms with Gasteiger partial charge in [-0.1, -0.05) is 92.7 Å². The van der Waals surface area contributed by atoms with Crippen LogP contribution in [0, 0.1) is 0 Å². The normalized spacial score (nSPS) is 14.2. The molecule has 0 spiro atoms. The lowest BCUT2D eigenvalue weighted by molar-refractivity contribution is 0.660. The van der Waals surface area contributed by atoms with Crippen LogP contribution in [0.5, 0.6) is 0 Å². The highest BCUT2D eigenvalue weighted by molar-refractivity contribution is 6.09. The van der Waals surface area contributed by atoms with Crippen LogP contribution >= 0.6 is 0 Å². The number of hydrogen-bond donors (Lipinski definition) is 0. The quantitative estimate of drug-likeness (QED) is 0.228. The fourth-order valence-corrected chi connectivity index (χ4v) is 6.71. The van der Waals surface area contributed by atoms with Crippen molar-refractivity contribution in [2.45, 2.75) is 19.3 Å². The van der Waals surface area contributed by atoms with E-state index in [9.17, 15) is 0 Å². The molecule has 0 saturated carbocycles. The van der Waals surface area contributed by atoms with E-state index in [4.69, 9.17) is 0 Å². The van der Waals surface area contributed by atoms with Gasteiger partial charge in [0.1, 0.15) is 0 Å². The summed E-state index contributed by atoms with van der Waals surface area (Å²) in [5.41, 5.74) is 14.2. The van der Waals surface area contributed by atoms with Gasteiger partial charge in [-0.25, -0.2) is 0 Å². The van der Waals surface area contributed by atoms with Gasteiger partial charge in [0.15, 0.2) is 0 Å². The van der Waals surface area contributed by atoms with Gasteiger partial charge in [0, 0.05) is 34.1 Å². The van der Waals surface area contributed by atoms with Gasteiger partial charge >= 0.3 is 0 Å². The second-order valence-corrected chi connectivity index (χ2v) is 11.3. The molecule has 0 saturated heterocycles. The minimum absolute atomic E-state index is 0.0932. The van der Waals surface area contributed by atoms with Crippen LogP contribution < -0.4 is 9.80 Å². The van der Waals surface area contributed by atoms with E-state index in [0.717, 1.165) is 39.7 Å². The zero-order valence-electron chi connectivity index (χ0n) is 23.1. The van der Waals surface area contributed by atoms with E-state index < -0.39 is 0 Å². The number of para-hydroxylation sites is 2. The van der Waals surface area contributed by atoms with Gasteiger partial charge in [-0.3, -0.25) is 4.98 Å². The molecule has 6 aromatic rings. The molecule has 0 amide bonds. The number of benzene rings is 5. The Bertz CT molecular complexity index is 1910. The number of fused-ring (bicyclic) bond motifs is 6. The third kappa shape index (κ3) is 3.49. The molecule has 196 valence electrons. The molecule has 1 aliphatic heterocycles. The monoisotopic (exact) mass is 527 g/mol. The van der Waals surface area contributed by atoms with E-state index in [2.05, 4.69) is 150 Å². The molecule has 41 heavy (non-hydrogen) atoms. The predicted molar refractivity (Wildman–Crippen MR) is 170 cm³/mol. The Morgan fingerprint density at radius 3 is 1.93 bits per heavy atom. The van der Waals surface area contributed by atoms with Crippen LogP contribution in [0.4, 0.5) is 34.1 Å². The summed E-state index contributed by atoms with van der Waals surface area (Å²) < 4.78 is 0. The van der Waals surface area contributed by atoms with Crippen LogP contribution in [0.1, 0.15) is 25.0 Å². The van der Waals surface area contributed by atoms with Crippen LogP contribution in [0.15, 0.2) is 140 Å². The molecule has 0 N–H and O–H groups in total. The van der Waals surface area contributed by atoms with E-state index in [1.165, 1.54) is 27.9 Å². The molecular weight excluding hydrogens is 498 g/mol. The summed E-state index contributed by atoms with van der Waals surface area (Å²) in [5.74, 6) is 0. The number of nitrogens with zero attached hydrogens (tertiary/aromatic N) is 3. The van der Waals surface area contributed by atoms with Gasteiger partial charge in [-0.05, 0) is 71.3 Å². The zero-order chi connectivity index (χ0) is 27.6. The molecular formula is C38H29N3. The topological polar surface area (TPSA) is 19.4 Å². The molecule has 1 aromatic heterocycles. The zero-order valence-corrected chi connectivity index (χ0v) is 23.1. The van der Waals surface area contributed by atoms with Crippen molar-refractivity contribution in [1.82, 2.24) is 4.98 Å². The van der Waals surface area contributed by atoms with E-state index in [1.807, 2.05) is 18.3 Å². The van der Waals surface area contributed by atoms with E-state index in [1.54, 1.807) is 0 Å². The highest BCUT2D eigenvalue weighted by Gasteiger charge is 2.41. The Balaban J connectivity index is 1.49. The Hall–Kier alpha value is -5.15. The van der Waals surface area contributed by atoms with E-state index in [0.29, 0.717) is 0 Å². The molecule has 0 bridgehead atoms. The number of pyridine rings is 1. The standard InChI is InChI=1S/C38H29N3/c1-38(2)30-18-10-9-17-29(30)36-31(38)21-23-34-37(36)41(28-15-7-4-8-16-28)33-22-20-26(32-19-11-12-24-39-32)25-35(33)40(34)27-13-5-3-6-14-27/h3-25H,1-2H3. The molecule has 0 fully saturated rings. The number of rotatable bonds is 3. The molecule has 5 aromatic carbocycles. The molecule has 0 atom stereocenters. The Labute approximate surface area is 241 Å². The van der Waals surface area contributed by atoms with Crippen LogP contribution in [0.25, 0.3) is 22.4 Å². The summed E-state index contributed by atoms with van der Waals surface area (Å²) in [6.07, 6.45) is 1.86. The second kappa shape index (κ2) is 8.94. The van der Waals surface area contributed by atoms with Gasteiger partial charge in [0.2, 0.25) is 0 Å². The van der Waals surface area contributed by atoms with Crippen LogP contribution in [-0.4, -0.2) is 4.98 Å². The average molecular weight is 528 g/mol. The average Bonchev–Trinajstić information content (AvgIpc) is 3.27. The summed E-state index contributed by atoms with van der Waals surface area (Å²) in [6.45, 7) is 4.70. The van der Waals surface area contributed by atoms with Crippen molar-refractivity contribution in [3.05, 3.63) is 151 Å². The van der Waals surface area contributed by atoms with Crippen molar-refractivity contribution in [2.75, 3.05) is 9.80 Å². The molecule has 0 radical (unpaired) electrons. The lowest BCUT2D eigenvalue weighted by atomic mass is 9.82. The summed E-state index contributed by atoms with van der Waals surface area (Å²) in [4.78, 5) is 9.56. The Morgan fingerprint density at radius 1 is 0.537 bits per heavy atom. The molecule has 3 heteroatoms. The largest absolute Gasteiger partial charge is 0.306 e. The molecule has 2 aliphatic rings. The lowest BCUT2D eigenvalue weighted by Crippen LogP contribution is -2.25.